The average molecular weight is 356 g/mol. The second kappa shape index (κ2) is 8.58. The van der Waals surface area contributed by atoms with Crippen molar-refractivity contribution < 1.29 is 13.9 Å². The maximum Gasteiger partial charge on any atom is 0.276 e. The molecule has 0 aliphatic heterocycles. The van der Waals surface area contributed by atoms with E-state index in [0.717, 1.165) is 28.4 Å². The highest BCUT2D eigenvalue weighted by Crippen LogP contribution is 2.21. The molecule has 1 heterocycles. The standard InChI is InChI=1S/C19H20N2O3S/c1-14-8-9-15(2)17(12-14)23-13-18-20-21-19(24-18)25-11-10-22-16-6-4-3-5-7-16/h3-9,12H,10-11,13H2,1-2H3. The Bertz CT molecular complexity index is 805. The average Bonchev–Trinajstić information content (AvgIpc) is 3.08. The maximum atomic E-state index is 5.77. The second-order valence-electron chi connectivity index (χ2n) is 5.53. The summed E-state index contributed by atoms with van der Waals surface area (Å²) in [4.78, 5) is 0. The Morgan fingerprint density at radius 1 is 1.00 bits per heavy atom. The summed E-state index contributed by atoms with van der Waals surface area (Å²) < 4.78 is 17.0. The molecule has 0 aliphatic rings. The van der Waals surface area contributed by atoms with Gasteiger partial charge in [-0.05, 0) is 43.2 Å². The van der Waals surface area contributed by atoms with Crippen LogP contribution in [0.2, 0.25) is 0 Å². The van der Waals surface area contributed by atoms with E-state index in [2.05, 4.69) is 16.3 Å². The predicted molar refractivity (Wildman–Crippen MR) is 97.2 cm³/mol. The number of hydrogen-bond acceptors (Lipinski definition) is 6. The number of aryl methyl sites for hydroxylation is 2. The molecular weight excluding hydrogens is 336 g/mol. The van der Waals surface area contributed by atoms with Crippen molar-refractivity contribution in [1.29, 1.82) is 0 Å². The van der Waals surface area contributed by atoms with Crippen molar-refractivity contribution in [3.8, 4) is 11.5 Å². The van der Waals surface area contributed by atoms with E-state index < -0.39 is 0 Å². The van der Waals surface area contributed by atoms with Gasteiger partial charge in [-0.1, -0.05) is 42.1 Å². The van der Waals surface area contributed by atoms with Crippen molar-refractivity contribution in [3.63, 3.8) is 0 Å². The molecule has 5 nitrogen and oxygen atoms in total. The Morgan fingerprint density at radius 3 is 2.68 bits per heavy atom. The van der Waals surface area contributed by atoms with Crippen molar-refractivity contribution in [3.05, 3.63) is 65.5 Å². The highest BCUT2D eigenvalue weighted by molar-refractivity contribution is 7.99. The van der Waals surface area contributed by atoms with E-state index in [1.807, 2.05) is 56.3 Å². The fourth-order valence-electron chi connectivity index (χ4n) is 2.16. The lowest BCUT2D eigenvalue weighted by Crippen LogP contribution is -1.99. The van der Waals surface area contributed by atoms with E-state index in [1.165, 1.54) is 11.8 Å². The molecule has 0 bridgehead atoms. The van der Waals surface area contributed by atoms with Crippen LogP contribution in [0.3, 0.4) is 0 Å². The summed E-state index contributed by atoms with van der Waals surface area (Å²) in [5, 5.41) is 8.56. The summed E-state index contributed by atoms with van der Waals surface area (Å²) in [5.41, 5.74) is 2.23. The number of para-hydroxylation sites is 1. The molecule has 6 heteroatoms. The van der Waals surface area contributed by atoms with Gasteiger partial charge < -0.3 is 13.9 Å². The summed E-state index contributed by atoms with van der Waals surface area (Å²) in [7, 11) is 0. The van der Waals surface area contributed by atoms with Crippen molar-refractivity contribution >= 4 is 11.8 Å². The molecule has 0 atom stereocenters. The Balaban J connectivity index is 1.43. The van der Waals surface area contributed by atoms with Gasteiger partial charge in [0, 0.05) is 5.75 Å². The summed E-state index contributed by atoms with van der Waals surface area (Å²) in [6.45, 7) is 4.88. The molecule has 130 valence electrons. The van der Waals surface area contributed by atoms with Crippen LogP contribution in [0.25, 0.3) is 0 Å². The van der Waals surface area contributed by atoms with Crippen molar-refractivity contribution in [2.45, 2.75) is 25.7 Å². The molecule has 0 aliphatic carbocycles. The highest BCUT2D eigenvalue weighted by atomic mass is 32.2. The van der Waals surface area contributed by atoms with Gasteiger partial charge in [-0.3, -0.25) is 0 Å². The van der Waals surface area contributed by atoms with Gasteiger partial charge in [0.25, 0.3) is 11.1 Å². The van der Waals surface area contributed by atoms with Crippen molar-refractivity contribution in [2.24, 2.45) is 0 Å². The van der Waals surface area contributed by atoms with Crippen molar-refractivity contribution in [2.75, 3.05) is 12.4 Å². The number of hydrogen-bond donors (Lipinski definition) is 0. The highest BCUT2D eigenvalue weighted by Gasteiger charge is 2.08. The molecule has 0 saturated heterocycles. The molecule has 0 N–H and O–H groups in total. The Hall–Kier alpha value is -2.47. The molecular formula is C19H20N2O3S. The third kappa shape index (κ3) is 5.26. The third-order valence-electron chi connectivity index (χ3n) is 3.46. The Morgan fingerprint density at radius 2 is 1.84 bits per heavy atom. The summed E-state index contributed by atoms with van der Waals surface area (Å²) in [6, 6.07) is 15.8. The largest absolute Gasteiger partial charge is 0.493 e. The van der Waals surface area contributed by atoms with Gasteiger partial charge in [0.05, 0.1) is 6.61 Å². The monoisotopic (exact) mass is 356 g/mol. The molecule has 0 spiro atoms. The number of benzene rings is 2. The fourth-order valence-corrected chi connectivity index (χ4v) is 2.76. The first-order valence-electron chi connectivity index (χ1n) is 8.04. The Kier molecular flexibility index (Phi) is 5.95. The summed E-state index contributed by atoms with van der Waals surface area (Å²) >= 11 is 1.47. The van der Waals surface area contributed by atoms with E-state index in [4.69, 9.17) is 13.9 Å². The first-order valence-corrected chi connectivity index (χ1v) is 9.02. The molecule has 0 fully saturated rings. The molecule has 0 amide bonds. The lowest BCUT2D eigenvalue weighted by Gasteiger charge is -2.07. The zero-order valence-corrected chi connectivity index (χ0v) is 15.1. The van der Waals surface area contributed by atoms with E-state index in [-0.39, 0.29) is 6.61 Å². The van der Waals surface area contributed by atoms with Gasteiger partial charge in [0.1, 0.15) is 11.5 Å². The minimum Gasteiger partial charge on any atom is -0.493 e. The molecule has 3 aromatic rings. The first-order chi connectivity index (χ1) is 12.2. The minimum absolute atomic E-state index is 0.262. The fraction of sp³-hybridized carbons (Fsp3) is 0.263. The zero-order chi connectivity index (χ0) is 17.5. The summed E-state index contributed by atoms with van der Waals surface area (Å²) in [5.74, 6) is 2.89. The smallest absolute Gasteiger partial charge is 0.276 e. The van der Waals surface area contributed by atoms with Gasteiger partial charge in [-0.15, -0.1) is 10.2 Å². The molecule has 25 heavy (non-hydrogen) atoms. The predicted octanol–water partition coefficient (Wildman–Crippen LogP) is 4.44. The van der Waals surface area contributed by atoms with Crippen LogP contribution in [0.1, 0.15) is 17.0 Å². The normalized spacial score (nSPS) is 10.6. The van der Waals surface area contributed by atoms with E-state index in [9.17, 15) is 0 Å². The third-order valence-corrected chi connectivity index (χ3v) is 4.25. The van der Waals surface area contributed by atoms with Crippen LogP contribution in [0, 0.1) is 13.8 Å². The van der Waals surface area contributed by atoms with Gasteiger partial charge in [0.2, 0.25) is 0 Å². The minimum atomic E-state index is 0.262. The van der Waals surface area contributed by atoms with Crippen LogP contribution in [0.5, 0.6) is 11.5 Å². The molecule has 0 radical (unpaired) electrons. The number of aromatic nitrogens is 2. The van der Waals surface area contributed by atoms with Crippen LogP contribution in [0.15, 0.2) is 58.2 Å². The van der Waals surface area contributed by atoms with Crippen LogP contribution in [-0.4, -0.2) is 22.6 Å². The van der Waals surface area contributed by atoms with E-state index >= 15 is 0 Å². The summed E-state index contributed by atoms with van der Waals surface area (Å²) in [6.07, 6.45) is 0. The van der Waals surface area contributed by atoms with Gasteiger partial charge >= 0.3 is 0 Å². The number of nitrogens with zero attached hydrogens (tertiary/aromatic N) is 2. The lowest BCUT2D eigenvalue weighted by atomic mass is 10.1. The van der Waals surface area contributed by atoms with Crippen LogP contribution in [-0.2, 0) is 6.61 Å². The van der Waals surface area contributed by atoms with E-state index in [1.54, 1.807) is 0 Å². The molecule has 0 saturated carbocycles. The quantitative estimate of drug-likeness (QED) is 0.439. The molecule has 3 rings (SSSR count). The number of thioether (sulfide) groups is 1. The maximum absolute atomic E-state index is 5.77. The lowest BCUT2D eigenvalue weighted by molar-refractivity contribution is 0.250. The van der Waals surface area contributed by atoms with Crippen LogP contribution < -0.4 is 9.47 Å². The molecule has 2 aromatic carbocycles. The topological polar surface area (TPSA) is 57.4 Å². The molecule has 1 aromatic heterocycles. The van der Waals surface area contributed by atoms with E-state index in [0.29, 0.717) is 17.7 Å². The Labute approximate surface area is 151 Å². The van der Waals surface area contributed by atoms with Gasteiger partial charge in [0.15, 0.2) is 6.61 Å². The second-order valence-corrected chi connectivity index (χ2v) is 6.58. The van der Waals surface area contributed by atoms with Gasteiger partial charge in [-0.25, -0.2) is 0 Å². The van der Waals surface area contributed by atoms with Crippen LogP contribution in [0.4, 0.5) is 0 Å². The first kappa shape index (κ1) is 17.4. The van der Waals surface area contributed by atoms with Crippen molar-refractivity contribution in [1.82, 2.24) is 10.2 Å². The van der Waals surface area contributed by atoms with Crippen LogP contribution >= 0.6 is 11.8 Å². The van der Waals surface area contributed by atoms with Gasteiger partial charge in [-0.2, -0.15) is 0 Å². The zero-order valence-electron chi connectivity index (χ0n) is 14.3. The number of rotatable bonds is 8. The SMILES string of the molecule is Cc1ccc(C)c(OCc2nnc(SCCOc3ccccc3)o2)c1. The molecule has 0 unspecified atom stereocenters. The number of ether oxygens (including phenoxy) is 2.